The SMILES string of the molecule is CCOc1c(Nc2ccc(Cl)c(S(=O)(=O)NC3CCC(O)CC3)c2O)c(=O)c1=O. The molecule has 0 heterocycles. The molecule has 0 saturated heterocycles. The highest BCUT2D eigenvalue weighted by atomic mass is 35.5. The van der Waals surface area contributed by atoms with Crippen molar-refractivity contribution in [1.82, 2.24) is 4.72 Å². The van der Waals surface area contributed by atoms with Crippen molar-refractivity contribution < 1.29 is 23.4 Å². The number of halogens is 1. The lowest BCUT2D eigenvalue weighted by molar-refractivity contribution is 0.120. The molecule has 3 rings (SSSR count). The number of ether oxygens (including phenoxy) is 1. The highest BCUT2D eigenvalue weighted by Gasteiger charge is 2.31. The van der Waals surface area contributed by atoms with E-state index in [1.165, 1.54) is 12.1 Å². The van der Waals surface area contributed by atoms with Crippen LogP contribution in [0.4, 0.5) is 11.4 Å². The first-order valence-corrected chi connectivity index (χ1v) is 11.0. The van der Waals surface area contributed by atoms with E-state index in [2.05, 4.69) is 10.0 Å². The zero-order valence-corrected chi connectivity index (χ0v) is 17.1. The van der Waals surface area contributed by atoms with E-state index in [1.807, 2.05) is 0 Å². The fourth-order valence-corrected chi connectivity index (χ4v) is 5.21. The van der Waals surface area contributed by atoms with Crippen LogP contribution in [-0.2, 0) is 10.0 Å². The Morgan fingerprint density at radius 1 is 1.17 bits per heavy atom. The van der Waals surface area contributed by atoms with Gasteiger partial charge >= 0.3 is 0 Å². The highest BCUT2D eigenvalue weighted by molar-refractivity contribution is 7.89. The van der Waals surface area contributed by atoms with Crippen molar-refractivity contribution in [3.05, 3.63) is 37.6 Å². The van der Waals surface area contributed by atoms with Crippen LogP contribution in [0.3, 0.4) is 0 Å². The zero-order chi connectivity index (χ0) is 21.3. The fraction of sp³-hybridized carbons (Fsp3) is 0.444. The van der Waals surface area contributed by atoms with Crippen molar-refractivity contribution in [3.8, 4) is 11.5 Å². The molecule has 2 aromatic carbocycles. The van der Waals surface area contributed by atoms with Gasteiger partial charge in [-0.1, -0.05) is 11.6 Å². The average molecular weight is 445 g/mol. The van der Waals surface area contributed by atoms with E-state index in [4.69, 9.17) is 16.3 Å². The van der Waals surface area contributed by atoms with Gasteiger partial charge < -0.3 is 20.3 Å². The number of benzene rings is 1. The van der Waals surface area contributed by atoms with Crippen molar-refractivity contribution in [2.75, 3.05) is 11.9 Å². The molecular weight excluding hydrogens is 424 g/mol. The normalized spacial score (nSPS) is 20.0. The summed E-state index contributed by atoms with van der Waals surface area (Å²) >= 11 is 6.04. The molecule has 11 heteroatoms. The van der Waals surface area contributed by atoms with E-state index in [1.54, 1.807) is 6.92 Å². The number of phenolic OH excluding ortho intramolecular Hbond substituents is 1. The molecule has 1 saturated carbocycles. The molecule has 9 nitrogen and oxygen atoms in total. The maximum atomic E-state index is 12.8. The van der Waals surface area contributed by atoms with E-state index in [9.17, 15) is 28.2 Å². The molecule has 2 aromatic rings. The molecule has 0 amide bonds. The third-order valence-corrected chi connectivity index (χ3v) is 6.81. The topological polar surface area (TPSA) is 142 Å². The molecule has 1 aliphatic rings. The largest absolute Gasteiger partial charge is 0.504 e. The first-order chi connectivity index (χ1) is 13.7. The summed E-state index contributed by atoms with van der Waals surface area (Å²) in [5.41, 5.74) is -1.89. The summed E-state index contributed by atoms with van der Waals surface area (Å²) in [6.07, 6.45) is 1.41. The Labute approximate surface area is 172 Å². The summed E-state index contributed by atoms with van der Waals surface area (Å²) in [7, 11) is -4.19. The lowest BCUT2D eigenvalue weighted by Gasteiger charge is -2.26. The predicted molar refractivity (Wildman–Crippen MR) is 108 cm³/mol. The van der Waals surface area contributed by atoms with E-state index in [0.29, 0.717) is 25.7 Å². The molecule has 4 N–H and O–H groups in total. The van der Waals surface area contributed by atoms with E-state index in [0.717, 1.165) is 0 Å². The molecule has 0 aliphatic heterocycles. The van der Waals surface area contributed by atoms with Gasteiger partial charge in [0.25, 0.3) is 10.9 Å². The Kier molecular flexibility index (Phi) is 6.18. The van der Waals surface area contributed by atoms with Crippen LogP contribution in [0.15, 0.2) is 26.6 Å². The minimum Gasteiger partial charge on any atom is -0.504 e. The van der Waals surface area contributed by atoms with Crippen molar-refractivity contribution in [1.29, 1.82) is 0 Å². The number of phenols is 1. The first kappa shape index (κ1) is 21.6. The molecule has 0 radical (unpaired) electrons. The second kappa shape index (κ2) is 8.31. The van der Waals surface area contributed by atoms with Crippen LogP contribution in [0.25, 0.3) is 0 Å². The van der Waals surface area contributed by atoms with Gasteiger partial charge in [0.1, 0.15) is 10.6 Å². The van der Waals surface area contributed by atoms with Crippen LogP contribution < -0.4 is 25.6 Å². The van der Waals surface area contributed by atoms with Gasteiger partial charge in [0.05, 0.1) is 23.4 Å². The summed E-state index contributed by atoms with van der Waals surface area (Å²) in [5, 5.41) is 22.5. The lowest BCUT2D eigenvalue weighted by atomic mass is 9.94. The Bertz CT molecular complexity index is 1080. The summed E-state index contributed by atoms with van der Waals surface area (Å²) in [6.45, 7) is 1.80. The van der Waals surface area contributed by atoms with Gasteiger partial charge in [0.15, 0.2) is 11.5 Å². The number of anilines is 2. The maximum absolute atomic E-state index is 12.8. The second-order valence-electron chi connectivity index (χ2n) is 6.82. The first-order valence-electron chi connectivity index (χ1n) is 9.10. The van der Waals surface area contributed by atoms with Crippen LogP contribution >= 0.6 is 11.6 Å². The molecule has 0 aromatic heterocycles. The Morgan fingerprint density at radius 3 is 2.45 bits per heavy atom. The number of aliphatic hydroxyl groups excluding tert-OH is 1. The molecule has 0 spiro atoms. The summed E-state index contributed by atoms with van der Waals surface area (Å²) in [4.78, 5) is 22.8. The summed E-state index contributed by atoms with van der Waals surface area (Å²) in [5.74, 6) is -0.855. The summed E-state index contributed by atoms with van der Waals surface area (Å²) < 4.78 is 33.3. The number of hydrogen-bond donors (Lipinski definition) is 4. The Hall–Kier alpha value is -2.14. The van der Waals surface area contributed by atoms with E-state index in [-0.39, 0.29) is 28.8 Å². The van der Waals surface area contributed by atoms with Crippen LogP contribution in [0, 0.1) is 0 Å². The molecule has 158 valence electrons. The third kappa shape index (κ3) is 4.25. The Balaban J connectivity index is 1.90. The van der Waals surface area contributed by atoms with Gasteiger partial charge in [-0.3, -0.25) is 9.59 Å². The number of hydrogen-bond acceptors (Lipinski definition) is 8. The van der Waals surface area contributed by atoms with Gasteiger partial charge in [-0.25, -0.2) is 13.1 Å². The number of sulfonamides is 1. The molecule has 1 fully saturated rings. The van der Waals surface area contributed by atoms with E-state index >= 15 is 0 Å². The van der Waals surface area contributed by atoms with Gasteiger partial charge in [0.2, 0.25) is 10.0 Å². The maximum Gasteiger partial charge on any atom is 0.272 e. The molecule has 0 atom stereocenters. The van der Waals surface area contributed by atoms with Crippen LogP contribution in [0.2, 0.25) is 5.02 Å². The molecular formula is C18H21ClN2O7S. The quantitative estimate of drug-likeness (QED) is 0.370. The van der Waals surface area contributed by atoms with Crippen LogP contribution in [-0.4, -0.2) is 37.4 Å². The van der Waals surface area contributed by atoms with Gasteiger partial charge in [0, 0.05) is 6.04 Å². The molecule has 1 aliphatic carbocycles. The number of aromatic hydroxyl groups is 1. The minimum atomic E-state index is -4.19. The number of nitrogens with one attached hydrogen (secondary N) is 2. The second-order valence-corrected chi connectivity index (χ2v) is 8.88. The number of rotatable bonds is 7. The average Bonchev–Trinajstić information content (AvgIpc) is 2.67. The standard InChI is InChI=1S/C18H21ClN2O7S/c1-2-28-17-13(15(24)16(17)25)20-12-8-7-11(19)18(14(12)23)29(26,27)21-9-3-5-10(22)6-4-9/h7-10,20-23H,2-6H2,1H3. The Morgan fingerprint density at radius 2 is 1.83 bits per heavy atom. The van der Waals surface area contributed by atoms with Crippen molar-refractivity contribution in [3.63, 3.8) is 0 Å². The van der Waals surface area contributed by atoms with E-state index < -0.39 is 43.7 Å². The molecule has 0 unspecified atom stereocenters. The molecule has 0 bridgehead atoms. The van der Waals surface area contributed by atoms with Crippen LogP contribution in [0.5, 0.6) is 11.5 Å². The number of aliphatic hydroxyl groups is 1. The van der Waals surface area contributed by atoms with Crippen LogP contribution in [0.1, 0.15) is 32.6 Å². The monoisotopic (exact) mass is 444 g/mol. The van der Waals surface area contributed by atoms with Crippen molar-refractivity contribution in [2.45, 2.75) is 49.6 Å². The fourth-order valence-electron chi connectivity index (χ4n) is 3.28. The minimum absolute atomic E-state index is 0.109. The summed E-state index contributed by atoms with van der Waals surface area (Å²) in [6, 6.07) is 2.16. The highest BCUT2D eigenvalue weighted by Crippen LogP contribution is 2.39. The smallest absolute Gasteiger partial charge is 0.272 e. The predicted octanol–water partition coefficient (Wildman–Crippen LogP) is 1.37. The van der Waals surface area contributed by atoms with Gasteiger partial charge in [-0.05, 0) is 44.7 Å². The van der Waals surface area contributed by atoms with Gasteiger partial charge in [-0.15, -0.1) is 0 Å². The lowest BCUT2D eigenvalue weighted by Crippen LogP contribution is -2.38. The molecule has 29 heavy (non-hydrogen) atoms. The van der Waals surface area contributed by atoms with Gasteiger partial charge in [-0.2, -0.15) is 0 Å². The third-order valence-electron chi connectivity index (χ3n) is 4.79. The van der Waals surface area contributed by atoms with Crippen molar-refractivity contribution in [2.24, 2.45) is 0 Å². The zero-order valence-electron chi connectivity index (χ0n) is 15.6. The van der Waals surface area contributed by atoms with Crippen molar-refractivity contribution >= 4 is 33.0 Å².